The second-order valence-corrected chi connectivity index (χ2v) is 14.4. The maximum atomic E-state index is 11.4. The third-order valence-electron chi connectivity index (χ3n) is 10.8. The summed E-state index contributed by atoms with van der Waals surface area (Å²) in [5, 5.41) is 41.2. The monoisotopic (exact) mass is 616 g/mol. The molecule has 1 saturated heterocycles. The normalized spacial score (nSPS) is 35.3. The van der Waals surface area contributed by atoms with E-state index < -0.39 is 24.1 Å². The molecular formula is C35H69NO7. The summed E-state index contributed by atoms with van der Waals surface area (Å²) in [5.41, 5.74) is 0. The molecule has 4 N–H and O–H groups in total. The van der Waals surface area contributed by atoms with Crippen LogP contribution in [-0.2, 0) is 9.47 Å². The van der Waals surface area contributed by atoms with Crippen molar-refractivity contribution in [1.29, 1.82) is 0 Å². The summed E-state index contributed by atoms with van der Waals surface area (Å²) in [6.07, 6.45) is 7.55. The Balaban J connectivity index is 0.000000798. The summed E-state index contributed by atoms with van der Waals surface area (Å²) in [7, 11) is 2.95. The average molecular weight is 616 g/mol. The van der Waals surface area contributed by atoms with E-state index in [2.05, 4.69) is 41.5 Å². The Morgan fingerprint density at radius 1 is 0.930 bits per heavy atom. The highest BCUT2D eigenvalue weighted by atomic mass is 16.6. The molecule has 0 radical (unpaired) electrons. The number of fused-ring (bicyclic) bond motifs is 1. The Morgan fingerprint density at radius 3 is 1.98 bits per heavy atom. The summed E-state index contributed by atoms with van der Waals surface area (Å²) in [4.78, 5) is 10.7. The first-order valence-corrected chi connectivity index (χ1v) is 17.3. The summed E-state index contributed by atoms with van der Waals surface area (Å²) in [5.74, 6) is 2.31. The molecule has 3 rings (SSSR count). The molecule has 7 unspecified atom stereocenters. The molecule has 3 fully saturated rings. The molecule has 256 valence electrons. The Bertz CT molecular complexity index is 760. The number of amides is 1. The number of aliphatic hydroxyl groups is 3. The van der Waals surface area contributed by atoms with E-state index in [9.17, 15) is 20.1 Å². The largest absolute Gasteiger partial charge is 0.465 e. The van der Waals surface area contributed by atoms with Gasteiger partial charge in [-0.2, -0.15) is 0 Å². The van der Waals surface area contributed by atoms with Crippen LogP contribution in [0.4, 0.5) is 4.79 Å². The molecule has 0 aromatic carbocycles. The molecule has 0 spiro atoms. The van der Waals surface area contributed by atoms with Crippen molar-refractivity contribution in [3.63, 3.8) is 0 Å². The molecule has 1 amide bonds. The lowest BCUT2D eigenvalue weighted by atomic mass is 9.61. The number of hydrogen-bond acceptors (Lipinski definition) is 6. The number of ether oxygens (including phenoxy) is 2. The zero-order valence-corrected chi connectivity index (χ0v) is 29.3. The number of aliphatic hydroxyl groups excluding tert-OH is 2. The van der Waals surface area contributed by atoms with Crippen LogP contribution in [0, 0.1) is 53.3 Å². The van der Waals surface area contributed by atoms with E-state index >= 15 is 0 Å². The predicted molar refractivity (Wildman–Crippen MR) is 174 cm³/mol. The zero-order chi connectivity index (χ0) is 32.9. The minimum absolute atomic E-state index is 0.00181. The van der Waals surface area contributed by atoms with Crippen LogP contribution in [0.15, 0.2) is 0 Å². The number of nitrogens with zero attached hydrogens (tertiary/aromatic N) is 1. The molecule has 0 bridgehead atoms. The van der Waals surface area contributed by atoms with E-state index in [0.29, 0.717) is 54.5 Å². The fourth-order valence-electron chi connectivity index (χ4n) is 7.61. The fraction of sp³-hybridized carbons (Fsp3) is 0.971. The van der Waals surface area contributed by atoms with Crippen LogP contribution < -0.4 is 0 Å². The van der Waals surface area contributed by atoms with Crippen molar-refractivity contribution in [1.82, 2.24) is 4.90 Å². The second kappa shape index (κ2) is 19.6. The van der Waals surface area contributed by atoms with Crippen LogP contribution in [0.1, 0.15) is 113 Å². The van der Waals surface area contributed by atoms with Crippen LogP contribution in [0.3, 0.4) is 0 Å². The Morgan fingerprint density at radius 2 is 1.47 bits per heavy atom. The Kier molecular flexibility index (Phi) is 18.2. The molecule has 8 nitrogen and oxygen atoms in total. The molecule has 2 aliphatic carbocycles. The van der Waals surface area contributed by atoms with Gasteiger partial charge in [-0.15, -0.1) is 0 Å². The molecular weight excluding hydrogens is 546 g/mol. The SMILES string of the molecule is CCCC.CCOCC1C[C@H](C)CC[C@H]1C(C)C(O)C(O)C(C)[C@@H]1CC[C@@H](C)C2CC[C@@](C)(O)OCC21.CN(C)C(=O)O. The summed E-state index contributed by atoms with van der Waals surface area (Å²) in [6.45, 7) is 19.1. The third-order valence-corrected chi connectivity index (χ3v) is 10.8. The van der Waals surface area contributed by atoms with E-state index in [1.54, 1.807) is 6.92 Å². The van der Waals surface area contributed by atoms with Crippen LogP contribution in [0.2, 0.25) is 0 Å². The standard InChI is InChI=1S/C28H52O5.C4H10.C3H7NO2/c1-7-32-15-21-14-17(2)8-10-23(21)19(4)26(29)27(30)20(5)24-11-9-18(3)22-12-13-28(6,31)33-16-25(22)24;1-3-4-2;1-4(2)3(5)6/h17-27,29-31H,7-16H2,1-6H3;3-4H2,1-2H3;1-2H3,(H,5,6)/t17-,18-,19?,20?,21?,22?,23+,24+,25?,26?,27?,28+;;/m1../s1. The van der Waals surface area contributed by atoms with Gasteiger partial charge in [0.15, 0.2) is 5.79 Å². The lowest BCUT2D eigenvalue weighted by Gasteiger charge is -2.46. The first-order valence-electron chi connectivity index (χ1n) is 17.3. The van der Waals surface area contributed by atoms with Crippen molar-refractivity contribution < 1.29 is 34.7 Å². The molecule has 1 aliphatic heterocycles. The van der Waals surface area contributed by atoms with Crippen molar-refractivity contribution in [2.24, 2.45) is 53.3 Å². The van der Waals surface area contributed by atoms with E-state index in [1.807, 2.05) is 6.92 Å². The van der Waals surface area contributed by atoms with Gasteiger partial charge in [0, 0.05) is 33.7 Å². The maximum Gasteiger partial charge on any atom is 0.406 e. The van der Waals surface area contributed by atoms with Crippen molar-refractivity contribution in [3.8, 4) is 0 Å². The lowest BCUT2D eigenvalue weighted by molar-refractivity contribution is -0.198. The van der Waals surface area contributed by atoms with E-state index in [4.69, 9.17) is 14.6 Å². The van der Waals surface area contributed by atoms with Crippen molar-refractivity contribution in [2.45, 2.75) is 131 Å². The van der Waals surface area contributed by atoms with Crippen LogP contribution in [0.25, 0.3) is 0 Å². The van der Waals surface area contributed by atoms with Gasteiger partial charge in [-0.1, -0.05) is 67.2 Å². The summed E-state index contributed by atoms with van der Waals surface area (Å²) >= 11 is 0. The molecule has 0 aromatic heterocycles. The zero-order valence-electron chi connectivity index (χ0n) is 29.3. The van der Waals surface area contributed by atoms with Gasteiger partial charge in [0.1, 0.15) is 0 Å². The van der Waals surface area contributed by atoms with Gasteiger partial charge in [-0.25, -0.2) is 4.79 Å². The fourth-order valence-corrected chi connectivity index (χ4v) is 7.61. The van der Waals surface area contributed by atoms with E-state index in [1.165, 1.54) is 33.4 Å². The number of carboxylic acid groups (broad SMARTS) is 1. The minimum atomic E-state index is -1.05. The van der Waals surface area contributed by atoms with Crippen LogP contribution in [0.5, 0.6) is 0 Å². The van der Waals surface area contributed by atoms with E-state index in [0.717, 1.165) is 50.2 Å². The predicted octanol–water partition coefficient (Wildman–Crippen LogP) is 6.90. The molecule has 8 heteroatoms. The number of rotatable bonds is 9. The number of unbranched alkanes of at least 4 members (excludes halogenated alkanes) is 1. The van der Waals surface area contributed by atoms with Gasteiger partial charge < -0.3 is 34.8 Å². The van der Waals surface area contributed by atoms with Crippen LogP contribution in [-0.4, -0.2) is 83.3 Å². The van der Waals surface area contributed by atoms with Crippen molar-refractivity contribution in [3.05, 3.63) is 0 Å². The second-order valence-electron chi connectivity index (χ2n) is 14.4. The maximum absolute atomic E-state index is 11.4. The number of hydrogen-bond donors (Lipinski definition) is 4. The molecule has 0 aromatic rings. The molecule has 43 heavy (non-hydrogen) atoms. The quantitative estimate of drug-likeness (QED) is 0.223. The van der Waals surface area contributed by atoms with Crippen molar-refractivity contribution >= 4 is 6.09 Å². The smallest absolute Gasteiger partial charge is 0.406 e. The minimum Gasteiger partial charge on any atom is -0.465 e. The number of carbonyl (C=O) groups is 1. The Labute approximate surface area is 263 Å². The highest BCUT2D eigenvalue weighted by Crippen LogP contribution is 2.48. The molecule has 3 aliphatic rings. The highest BCUT2D eigenvalue weighted by Gasteiger charge is 2.47. The van der Waals surface area contributed by atoms with Gasteiger partial charge in [-0.3, -0.25) is 0 Å². The van der Waals surface area contributed by atoms with E-state index in [-0.39, 0.29) is 11.8 Å². The summed E-state index contributed by atoms with van der Waals surface area (Å²) < 4.78 is 11.7. The van der Waals surface area contributed by atoms with Gasteiger partial charge in [0.25, 0.3) is 0 Å². The average Bonchev–Trinajstić information content (AvgIpc) is 3.13. The summed E-state index contributed by atoms with van der Waals surface area (Å²) in [6, 6.07) is 0. The topological polar surface area (TPSA) is 120 Å². The molecule has 12 atom stereocenters. The van der Waals surface area contributed by atoms with Crippen LogP contribution >= 0.6 is 0 Å². The van der Waals surface area contributed by atoms with Crippen molar-refractivity contribution in [2.75, 3.05) is 33.9 Å². The lowest BCUT2D eigenvalue weighted by Crippen LogP contribution is -2.48. The van der Waals surface area contributed by atoms with Gasteiger partial charge in [0.05, 0.1) is 18.8 Å². The first kappa shape index (κ1) is 40.1. The highest BCUT2D eigenvalue weighted by molar-refractivity contribution is 5.63. The van der Waals surface area contributed by atoms with Gasteiger partial charge in [0.2, 0.25) is 0 Å². The Hall–Kier alpha value is -0.930. The third kappa shape index (κ3) is 12.8. The van der Waals surface area contributed by atoms with Gasteiger partial charge >= 0.3 is 6.09 Å². The van der Waals surface area contributed by atoms with Gasteiger partial charge in [-0.05, 0) is 92.8 Å². The molecule has 1 heterocycles. The molecule has 2 saturated carbocycles. The first-order chi connectivity index (χ1) is 20.1.